The first-order valence-corrected chi connectivity index (χ1v) is 7.42. The predicted molar refractivity (Wildman–Crippen MR) is 94.0 cm³/mol. The van der Waals surface area contributed by atoms with Gasteiger partial charge < -0.3 is 4.98 Å². The summed E-state index contributed by atoms with van der Waals surface area (Å²) < 4.78 is 0. The molecule has 122 valence electrons. The quantitative estimate of drug-likeness (QED) is 0.440. The van der Waals surface area contributed by atoms with Crippen LogP contribution in [0.4, 0.5) is 5.69 Å². The molecule has 0 bridgehead atoms. The van der Waals surface area contributed by atoms with E-state index in [-0.39, 0.29) is 22.6 Å². The first kappa shape index (κ1) is 16.4. The van der Waals surface area contributed by atoms with E-state index in [1.807, 2.05) is 6.07 Å². The van der Waals surface area contributed by atoms with E-state index in [9.17, 15) is 20.2 Å². The summed E-state index contributed by atoms with van der Waals surface area (Å²) in [7, 11) is 0. The molecule has 3 rings (SSSR count). The number of nitrogens with zero attached hydrogens (tertiary/aromatic N) is 3. The normalized spacial score (nSPS) is 11.3. The molecule has 0 atom stereocenters. The van der Waals surface area contributed by atoms with Crippen LogP contribution in [0, 0.1) is 21.4 Å². The second-order valence-electron chi connectivity index (χ2n) is 5.06. The van der Waals surface area contributed by atoms with Crippen molar-refractivity contribution in [2.75, 3.05) is 0 Å². The molecule has 25 heavy (non-hydrogen) atoms. The Labute approximate surface area is 146 Å². The molecule has 1 N–H and O–H groups in total. The number of benzene rings is 2. The lowest BCUT2D eigenvalue weighted by Gasteiger charge is -2.03. The molecule has 0 fully saturated rings. The summed E-state index contributed by atoms with van der Waals surface area (Å²) in [6, 6.07) is 12.5. The summed E-state index contributed by atoms with van der Waals surface area (Å²) in [6.07, 6.45) is 1.31. The Bertz CT molecular complexity index is 1130. The fourth-order valence-corrected chi connectivity index (χ4v) is 2.49. The van der Waals surface area contributed by atoms with E-state index in [0.29, 0.717) is 15.9 Å². The van der Waals surface area contributed by atoms with E-state index in [1.165, 1.54) is 36.4 Å². The third-order valence-electron chi connectivity index (χ3n) is 3.48. The number of halogens is 1. The van der Waals surface area contributed by atoms with Crippen molar-refractivity contribution in [3.8, 4) is 6.07 Å². The zero-order valence-corrected chi connectivity index (χ0v) is 13.3. The minimum absolute atomic E-state index is 0.00623. The number of rotatable bonds is 3. The molecular weight excluding hydrogens is 344 g/mol. The maximum atomic E-state index is 12.2. The number of fused-ring (bicyclic) bond motifs is 1. The van der Waals surface area contributed by atoms with Crippen LogP contribution in [-0.4, -0.2) is 14.9 Å². The molecule has 8 heteroatoms. The van der Waals surface area contributed by atoms with E-state index in [1.54, 1.807) is 12.1 Å². The van der Waals surface area contributed by atoms with Crippen LogP contribution in [0.1, 0.15) is 11.4 Å². The highest BCUT2D eigenvalue weighted by Crippen LogP contribution is 2.23. The van der Waals surface area contributed by atoms with Gasteiger partial charge in [-0.3, -0.25) is 14.9 Å². The Kier molecular flexibility index (Phi) is 4.29. The van der Waals surface area contributed by atoms with Crippen molar-refractivity contribution < 1.29 is 4.92 Å². The lowest BCUT2D eigenvalue weighted by atomic mass is 10.1. The Hall–Kier alpha value is -3.50. The molecule has 0 radical (unpaired) electrons. The van der Waals surface area contributed by atoms with Crippen molar-refractivity contribution in [1.29, 1.82) is 5.26 Å². The van der Waals surface area contributed by atoms with Crippen molar-refractivity contribution in [2.24, 2.45) is 0 Å². The number of H-pyrrole nitrogens is 1. The van der Waals surface area contributed by atoms with E-state index < -0.39 is 10.5 Å². The lowest BCUT2D eigenvalue weighted by molar-refractivity contribution is -0.385. The van der Waals surface area contributed by atoms with Crippen molar-refractivity contribution in [3.05, 3.63) is 79.3 Å². The van der Waals surface area contributed by atoms with Crippen LogP contribution < -0.4 is 5.56 Å². The van der Waals surface area contributed by atoms with Gasteiger partial charge in [0, 0.05) is 11.1 Å². The molecule has 0 saturated heterocycles. The summed E-state index contributed by atoms with van der Waals surface area (Å²) >= 11 is 5.92. The third kappa shape index (κ3) is 3.24. The van der Waals surface area contributed by atoms with Gasteiger partial charge in [0.15, 0.2) is 5.82 Å². The van der Waals surface area contributed by atoms with Gasteiger partial charge in [-0.25, -0.2) is 4.98 Å². The molecule has 1 aromatic heterocycles. The number of nitriles is 1. The molecule has 0 aliphatic rings. The molecule has 7 nitrogen and oxygen atoms in total. The number of nitro benzene ring substituents is 1. The number of hydrogen-bond donors (Lipinski definition) is 1. The molecule has 0 saturated carbocycles. The van der Waals surface area contributed by atoms with Crippen LogP contribution in [0.25, 0.3) is 22.6 Å². The smallest absolute Gasteiger partial charge is 0.276 e. The van der Waals surface area contributed by atoms with Gasteiger partial charge in [0.05, 0.1) is 27.0 Å². The number of allylic oxidation sites excluding steroid dienone is 1. The van der Waals surface area contributed by atoms with Gasteiger partial charge in [-0.15, -0.1) is 0 Å². The highest BCUT2D eigenvalue weighted by Gasteiger charge is 2.14. The van der Waals surface area contributed by atoms with Crippen LogP contribution in [-0.2, 0) is 0 Å². The minimum atomic E-state index is -0.544. The second kappa shape index (κ2) is 6.55. The average molecular weight is 353 g/mol. The molecule has 0 aliphatic carbocycles. The van der Waals surface area contributed by atoms with Gasteiger partial charge in [-0.05, 0) is 30.3 Å². The van der Waals surface area contributed by atoms with Gasteiger partial charge in [0.1, 0.15) is 6.07 Å². The first-order chi connectivity index (χ1) is 12.0. The van der Waals surface area contributed by atoms with E-state index in [0.717, 1.165) is 0 Å². The topological polar surface area (TPSA) is 113 Å². The highest BCUT2D eigenvalue weighted by atomic mass is 35.5. The van der Waals surface area contributed by atoms with Crippen LogP contribution in [0.2, 0.25) is 5.02 Å². The maximum Gasteiger partial charge on any atom is 0.276 e. The van der Waals surface area contributed by atoms with Crippen LogP contribution in [0.5, 0.6) is 0 Å². The Balaban J connectivity index is 2.20. The molecule has 0 amide bonds. The SMILES string of the molecule is N#C/C(=C/c1ccccc1[N+](=O)[O-])c1nc2cc(Cl)ccc2c(=O)[nH]1. The van der Waals surface area contributed by atoms with E-state index in [4.69, 9.17) is 11.6 Å². The molecule has 3 aromatic rings. The third-order valence-corrected chi connectivity index (χ3v) is 3.71. The first-order valence-electron chi connectivity index (χ1n) is 7.05. The van der Waals surface area contributed by atoms with Crippen molar-refractivity contribution >= 4 is 39.8 Å². The summed E-state index contributed by atoms with van der Waals surface area (Å²) in [5.74, 6) is 0.0143. The molecular formula is C17H9ClN4O3. The molecule has 0 spiro atoms. The van der Waals surface area contributed by atoms with Gasteiger partial charge >= 0.3 is 0 Å². The van der Waals surface area contributed by atoms with Crippen LogP contribution >= 0.6 is 11.6 Å². The van der Waals surface area contributed by atoms with Crippen molar-refractivity contribution in [1.82, 2.24) is 9.97 Å². The predicted octanol–water partition coefficient (Wildman–Crippen LogP) is 3.55. The van der Waals surface area contributed by atoms with Gasteiger partial charge in [-0.2, -0.15) is 5.26 Å². The summed E-state index contributed by atoms with van der Waals surface area (Å²) in [6.45, 7) is 0. The zero-order valence-electron chi connectivity index (χ0n) is 12.6. The second-order valence-corrected chi connectivity index (χ2v) is 5.50. The zero-order chi connectivity index (χ0) is 18.0. The number of nitro groups is 1. The Morgan fingerprint density at radius 1 is 1.32 bits per heavy atom. The molecule has 0 aliphatic heterocycles. The van der Waals surface area contributed by atoms with E-state index >= 15 is 0 Å². The number of aromatic nitrogens is 2. The summed E-state index contributed by atoms with van der Waals surface area (Å²) in [4.78, 5) is 29.5. The van der Waals surface area contributed by atoms with Crippen molar-refractivity contribution in [2.45, 2.75) is 0 Å². The fourth-order valence-electron chi connectivity index (χ4n) is 2.33. The number of aromatic amines is 1. The largest absolute Gasteiger partial charge is 0.305 e. The van der Waals surface area contributed by atoms with Crippen LogP contribution in [0.15, 0.2) is 47.3 Å². The van der Waals surface area contributed by atoms with Gasteiger partial charge in [-0.1, -0.05) is 23.7 Å². The number of hydrogen-bond acceptors (Lipinski definition) is 5. The molecule has 1 heterocycles. The number of para-hydroxylation sites is 1. The minimum Gasteiger partial charge on any atom is -0.305 e. The monoisotopic (exact) mass is 352 g/mol. The molecule has 2 aromatic carbocycles. The molecule has 0 unspecified atom stereocenters. The van der Waals surface area contributed by atoms with Crippen LogP contribution in [0.3, 0.4) is 0 Å². The number of nitrogens with one attached hydrogen (secondary N) is 1. The maximum absolute atomic E-state index is 12.2. The highest BCUT2D eigenvalue weighted by molar-refractivity contribution is 6.31. The summed E-state index contributed by atoms with van der Waals surface area (Å²) in [5.41, 5.74) is -0.0251. The van der Waals surface area contributed by atoms with Crippen molar-refractivity contribution in [3.63, 3.8) is 0 Å². The Morgan fingerprint density at radius 3 is 2.80 bits per heavy atom. The average Bonchev–Trinajstić information content (AvgIpc) is 2.59. The van der Waals surface area contributed by atoms with Gasteiger partial charge in [0.25, 0.3) is 11.2 Å². The summed E-state index contributed by atoms with van der Waals surface area (Å²) in [5, 5.41) is 21.2. The fraction of sp³-hybridized carbons (Fsp3) is 0. The lowest BCUT2D eigenvalue weighted by Crippen LogP contribution is -2.11. The van der Waals surface area contributed by atoms with Gasteiger partial charge in [0.2, 0.25) is 0 Å². The standard InChI is InChI=1S/C17H9ClN4O3/c18-12-5-6-13-14(8-12)20-16(21-17(13)23)11(9-19)7-10-3-1-2-4-15(10)22(24)25/h1-8H,(H,20,21,23)/b11-7-. The Morgan fingerprint density at radius 2 is 2.08 bits per heavy atom. The van der Waals surface area contributed by atoms with E-state index in [2.05, 4.69) is 9.97 Å².